The van der Waals surface area contributed by atoms with Gasteiger partial charge >= 0.3 is 0 Å². The minimum absolute atomic E-state index is 0.113. The molecule has 1 amide bonds. The van der Waals surface area contributed by atoms with Crippen LogP contribution in [0.4, 0.5) is 0 Å². The maximum atomic E-state index is 12.8. The molecule has 3 fully saturated rings. The second kappa shape index (κ2) is 8.73. The third kappa shape index (κ3) is 4.29. The van der Waals surface area contributed by atoms with Crippen LogP contribution >= 0.6 is 0 Å². The van der Waals surface area contributed by atoms with E-state index < -0.39 is 0 Å². The van der Waals surface area contributed by atoms with Crippen molar-refractivity contribution in [3.63, 3.8) is 0 Å². The monoisotopic (exact) mass is 386 g/mol. The van der Waals surface area contributed by atoms with Gasteiger partial charge in [0.05, 0.1) is 13.2 Å². The first-order valence-corrected chi connectivity index (χ1v) is 11.0. The molecule has 3 aliphatic carbocycles. The summed E-state index contributed by atoms with van der Waals surface area (Å²) in [5.41, 5.74) is 7.42. The van der Waals surface area contributed by atoms with Crippen LogP contribution in [0.3, 0.4) is 0 Å². The lowest BCUT2D eigenvalue weighted by Gasteiger charge is -2.43. The number of hydrogen-bond acceptors (Lipinski definition) is 4. The van der Waals surface area contributed by atoms with Crippen molar-refractivity contribution >= 4 is 5.91 Å². The Labute approximate surface area is 168 Å². The standard InChI is InChI=1S/C23H34N2O3/c1-27-20-10-9-15(11-21(20)28-19-7-2-3-8-19)14-25-23(26)18-12-16-5-4-6-17(13-18)22(16)24/h9-11,16-19,22H,2-8,12-14,24H2,1H3,(H,25,26). The number of fused-ring (bicyclic) bond motifs is 2. The molecule has 0 heterocycles. The number of hydrogen-bond donors (Lipinski definition) is 2. The number of nitrogens with two attached hydrogens (primary N) is 1. The lowest BCUT2D eigenvalue weighted by molar-refractivity contribution is -0.128. The van der Waals surface area contributed by atoms with Gasteiger partial charge in [-0.3, -0.25) is 4.79 Å². The Morgan fingerprint density at radius 3 is 2.46 bits per heavy atom. The SMILES string of the molecule is COc1ccc(CNC(=O)C2CC3CCCC(C2)C3N)cc1OC1CCCC1. The fourth-order valence-electron chi connectivity index (χ4n) is 5.45. The lowest BCUT2D eigenvalue weighted by Crippen LogP contribution is -2.49. The van der Waals surface area contributed by atoms with Crippen LogP contribution in [0.25, 0.3) is 0 Å². The highest BCUT2D eigenvalue weighted by Gasteiger charge is 2.40. The van der Waals surface area contributed by atoms with Gasteiger partial charge in [-0.1, -0.05) is 12.5 Å². The first-order chi connectivity index (χ1) is 13.6. The highest BCUT2D eigenvalue weighted by Crippen LogP contribution is 2.42. The zero-order chi connectivity index (χ0) is 19.5. The largest absolute Gasteiger partial charge is 0.493 e. The molecule has 0 radical (unpaired) electrons. The molecule has 1 aromatic rings. The molecule has 2 atom stereocenters. The van der Waals surface area contributed by atoms with Crippen LogP contribution in [0, 0.1) is 17.8 Å². The van der Waals surface area contributed by atoms with Gasteiger partial charge < -0.3 is 20.5 Å². The molecular weight excluding hydrogens is 352 g/mol. The van der Waals surface area contributed by atoms with E-state index >= 15 is 0 Å². The van der Waals surface area contributed by atoms with Crippen LogP contribution in [0.5, 0.6) is 11.5 Å². The average molecular weight is 387 g/mol. The number of methoxy groups -OCH3 is 1. The summed E-state index contributed by atoms with van der Waals surface area (Å²) in [6.07, 6.45) is 10.5. The second-order valence-electron chi connectivity index (χ2n) is 8.92. The van der Waals surface area contributed by atoms with Crippen molar-refractivity contribution < 1.29 is 14.3 Å². The first-order valence-electron chi connectivity index (χ1n) is 11.0. The molecule has 154 valence electrons. The van der Waals surface area contributed by atoms with Crippen molar-refractivity contribution in [1.82, 2.24) is 5.32 Å². The Kier molecular flexibility index (Phi) is 6.10. The van der Waals surface area contributed by atoms with Gasteiger partial charge in [-0.25, -0.2) is 0 Å². The number of carbonyl (C=O) groups is 1. The van der Waals surface area contributed by atoms with E-state index in [0.717, 1.165) is 42.7 Å². The van der Waals surface area contributed by atoms with Gasteiger partial charge in [0.15, 0.2) is 11.5 Å². The van der Waals surface area contributed by atoms with Crippen LogP contribution in [-0.4, -0.2) is 25.2 Å². The van der Waals surface area contributed by atoms with Gasteiger partial charge in [-0.15, -0.1) is 0 Å². The molecule has 5 heteroatoms. The number of carbonyl (C=O) groups excluding carboxylic acids is 1. The molecule has 0 aromatic heterocycles. The smallest absolute Gasteiger partial charge is 0.223 e. The Morgan fingerprint density at radius 1 is 1.07 bits per heavy atom. The Hall–Kier alpha value is -1.75. The molecule has 0 aliphatic heterocycles. The van der Waals surface area contributed by atoms with Crippen LogP contribution in [0.2, 0.25) is 0 Å². The van der Waals surface area contributed by atoms with E-state index in [-0.39, 0.29) is 17.9 Å². The van der Waals surface area contributed by atoms with Gasteiger partial charge in [0.1, 0.15) is 0 Å². The highest BCUT2D eigenvalue weighted by molar-refractivity contribution is 5.78. The molecule has 3 aliphatic rings. The molecule has 28 heavy (non-hydrogen) atoms. The summed E-state index contributed by atoms with van der Waals surface area (Å²) >= 11 is 0. The zero-order valence-electron chi connectivity index (χ0n) is 17.0. The van der Waals surface area contributed by atoms with Crippen molar-refractivity contribution in [1.29, 1.82) is 0 Å². The molecule has 5 nitrogen and oxygen atoms in total. The molecule has 0 spiro atoms. The van der Waals surface area contributed by atoms with E-state index in [2.05, 4.69) is 5.32 Å². The summed E-state index contributed by atoms with van der Waals surface area (Å²) in [5, 5.41) is 3.16. The quantitative estimate of drug-likeness (QED) is 0.780. The molecule has 2 unspecified atom stereocenters. The fourth-order valence-corrected chi connectivity index (χ4v) is 5.45. The van der Waals surface area contributed by atoms with Crippen molar-refractivity contribution in [3.05, 3.63) is 23.8 Å². The Balaban J connectivity index is 1.35. The Bertz CT molecular complexity index is 672. The van der Waals surface area contributed by atoms with E-state index in [1.165, 1.54) is 32.1 Å². The fraction of sp³-hybridized carbons (Fsp3) is 0.696. The number of rotatable bonds is 6. The molecule has 0 saturated heterocycles. The van der Waals surface area contributed by atoms with Crippen LogP contribution in [0.1, 0.15) is 63.4 Å². The predicted molar refractivity (Wildman–Crippen MR) is 109 cm³/mol. The summed E-state index contributed by atoms with van der Waals surface area (Å²) in [6.45, 7) is 0.530. The lowest BCUT2D eigenvalue weighted by atomic mass is 9.65. The topological polar surface area (TPSA) is 73.6 Å². The van der Waals surface area contributed by atoms with E-state index in [4.69, 9.17) is 15.2 Å². The van der Waals surface area contributed by atoms with Crippen LogP contribution in [0.15, 0.2) is 18.2 Å². The molecule has 2 bridgehead atoms. The first kappa shape index (κ1) is 19.6. The summed E-state index contributed by atoms with van der Waals surface area (Å²) in [5.74, 6) is 2.89. The maximum absolute atomic E-state index is 12.8. The minimum Gasteiger partial charge on any atom is -0.493 e. The highest BCUT2D eigenvalue weighted by atomic mass is 16.5. The van der Waals surface area contributed by atoms with Gasteiger partial charge in [0, 0.05) is 18.5 Å². The Morgan fingerprint density at radius 2 is 1.79 bits per heavy atom. The predicted octanol–water partition coefficient (Wildman–Crippen LogP) is 3.79. The van der Waals surface area contributed by atoms with Crippen LogP contribution < -0.4 is 20.5 Å². The van der Waals surface area contributed by atoms with Crippen LogP contribution in [-0.2, 0) is 11.3 Å². The summed E-state index contributed by atoms with van der Waals surface area (Å²) < 4.78 is 11.6. The van der Waals surface area contributed by atoms with Gasteiger partial charge in [0.25, 0.3) is 0 Å². The van der Waals surface area contributed by atoms with Crippen molar-refractivity contribution in [3.8, 4) is 11.5 Å². The van der Waals surface area contributed by atoms with Gasteiger partial charge in [0.2, 0.25) is 5.91 Å². The van der Waals surface area contributed by atoms with E-state index in [1.807, 2.05) is 18.2 Å². The third-order valence-electron chi connectivity index (χ3n) is 7.07. The molecule has 1 aromatic carbocycles. The number of amides is 1. The number of benzene rings is 1. The van der Waals surface area contributed by atoms with Crippen molar-refractivity contribution in [2.75, 3.05) is 7.11 Å². The van der Waals surface area contributed by atoms with E-state index in [9.17, 15) is 4.79 Å². The zero-order valence-corrected chi connectivity index (χ0v) is 17.0. The van der Waals surface area contributed by atoms with Gasteiger partial charge in [-0.2, -0.15) is 0 Å². The van der Waals surface area contributed by atoms with Crippen molar-refractivity contribution in [2.24, 2.45) is 23.5 Å². The number of ether oxygens (including phenoxy) is 2. The van der Waals surface area contributed by atoms with E-state index in [1.54, 1.807) is 7.11 Å². The summed E-state index contributed by atoms with van der Waals surface area (Å²) in [7, 11) is 1.67. The van der Waals surface area contributed by atoms with Gasteiger partial charge in [-0.05, 0) is 80.9 Å². The van der Waals surface area contributed by atoms with E-state index in [0.29, 0.717) is 24.4 Å². The molecular formula is C23H34N2O3. The maximum Gasteiger partial charge on any atom is 0.223 e. The summed E-state index contributed by atoms with van der Waals surface area (Å²) in [6, 6.07) is 6.26. The third-order valence-corrected chi connectivity index (χ3v) is 7.07. The molecule has 3 saturated carbocycles. The molecule has 3 N–H and O–H groups in total. The summed E-state index contributed by atoms with van der Waals surface area (Å²) in [4.78, 5) is 12.8. The normalized spacial score (nSPS) is 30.1. The van der Waals surface area contributed by atoms with Crippen molar-refractivity contribution in [2.45, 2.75) is 76.5 Å². The average Bonchev–Trinajstić information content (AvgIpc) is 3.19. The molecule has 4 rings (SSSR count). The number of nitrogens with one attached hydrogen (secondary N) is 1. The minimum atomic E-state index is 0.113. The second-order valence-corrected chi connectivity index (χ2v) is 8.92.